The number of benzene rings is 2. The second-order valence-corrected chi connectivity index (χ2v) is 11.4. The van der Waals surface area contributed by atoms with Crippen LogP contribution in [0.5, 0.6) is 0 Å². The zero-order valence-electron chi connectivity index (χ0n) is 23.9. The highest BCUT2D eigenvalue weighted by Crippen LogP contribution is 2.36. The van der Waals surface area contributed by atoms with Crippen molar-refractivity contribution in [1.82, 2.24) is 24.2 Å². The summed E-state index contributed by atoms with van der Waals surface area (Å²) in [4.78, 5) is 47.4. The van der Waals surface area contributed by atoms with Crippen molar-refractivity contribution in [1.29, 1.82) is 0 Å². The number of aromatic nitrogens is 4. The molecule has 0 aliphatic rings. The summed E-state index contributed by atoms with van der Waals surface area (Å²) in [6.07, 6.45) is -3.97. The predicted molar refractivity (Wildman–Crippen MR) is 160 cm³/mol. The Balaban J connectivity index is 1.56. The Bertz CT molecular complexity index is 1980. The molecule has 0 saturated carbocycles. The van der Waals surface area contributed by atoms with Gasteiger partial charge in [-0.05, 0) is 72.6 Å². The van der Waals surface area contributed by atoms with Gasteiger partial charge in [0.05, 0.1) is 34.7 Å². The van der Waals surface area contributed by atoms with Crippen LogP contribution in [0.1, 0.15) is 63.4 Å². The number of fused-ring (bicyclic) bond motifs is 1. The van der Waals surface area contributed by atoms with Crippen LogP contribution in [0.3, 0.4) is 0 Å². The van der Waals surface area contributed by atoms with E-state index in [1.807, 2.05) is 0 Å². The number of halogens is 6. The maximum atomic E-state index is 14.3. The van der Waals surface area contributed by atoms with E-state index >= 15 is 0 Å². The third kappa shape index (κ3) is 6.89. The fourth-order valence-electron chi connectivity index (χ4n) is 4.73. The molecule has 0 bridgehead atoms. The van der Waals surface area contributed by atoms with Gasteiger partial charge in [-0.3, -0.25) is 19.4 Å². The molecule has 5 rings (SSSR count). The average Bonchev–Trinajstić information content (AvgIpc) is 3.57. The summed E-state index contributed by atoms with van der Waals surface area (Å²) in [5, 5.41) is 5.49. The number of nitrogens with one attached hydrogen (secondary N) is 2. The monoisotopic (exact) mass is 676 g/mol. The van der Waals surface area contributed by atoms with Crippen molar-refractivity contribution >= 4 is 56.6 Å². The van der Waals surface area contributed by atoms with Gasteiger partial charge in [0.1, 0.15) is 23.1 Å². The number of pyridine rings is 1. The normalized spacial score (nSPS) is 12.3. The molecule has 0 spiro atoms. The largest absolute Gasteiger partial charge is 0.417 e. The van der Waals surface area contributed by atoms with Crippen molar-refractivity contribution < 1.29 is 36.3 Å². The van der Waals surface area contributed by atoms with Gasteiger partial charge < -0.3 is 15.2 Å². The van der Waals surface area contributed by atoms with Crippen LogP contribution in [0.4, 0.5) is 27.8 Å². The number of ketones is 1. The molecule has 2 N–H and O–H groups in total. The van der Waals surface area contributed by atoms with E-state index in [0.29, 0.717) is 10.9 Å². The van der Waals surface area contributed by atoms with E-state index in [9.17, 15) is 36.3 Å². The molecule has 9 nitrogen and oxygen atoms in total. The van der Waals surface area contributed by atoms with Gasteiger partial charge in [0.2, 0.25) is 5.82 Å². The molecule has 2 amide bonds. The second kappa shape index (κ2) is 12.9. The molecule has 3 aromatic heterocycles. The summed E-state index contributed by atoms with van der Waals surface area (Å²) >= 11 is 7.35. The number of Topliss-reactive ketones (excluding diaryl/α,β-unsaturated/α-hetero) is 1. The maximum Gasteiger partial charge on any atom is 0.417 e. The van der Waals surface area contributed by atoms with Crippen molar-refractivity contribution in [2.24, 2.45) is 0 Å². The van der Waals surface area contributed by atoms with Crippen molar-refractivity contribution in [2.75, 3.05) is 5.32 Å². The number of carbonyl (C=O) groups is 3. The lowest BCUT2D eigenvalue weighted by Gasteiger charge is -2.19. The highest BCUT2D eigenvalue weighted by Gasteiger charge is 2.32. The Kier molecular flexibility index (Phi) is 9.17. The summed E-state index contributed by atoms with van der Waals surface area (Å²) in [7, 11) is 0. The van der Waals surface area contributed by atoms with E-state index in [1.165, 1.54) is 29.7 Å². The summed E-state index contributed by atoms with van der Waals surface area (Å²) in [6.45, 7) is 2.15. The van der Waals surface area contributed by atoms with E-state index in [0.717, 1.165) is 41.9 Å². The highest BCUT2D eigenvalue weighted by atomic mass is 35.5. The van der Waals surface area contributed by atoms with Crippen molar-refractivity contribution in [3.05, 3.63) is 105 Å². The predicted octanol–water partition coefficient (Wildman–Crippen LogP) is 6.76. The minimum atomic E-state index is -4.59. The standard InChI is InChI=1S/C30H22ClF5N6O3S/c1-14(43)13-42-25(15(2)20-9-17(32)4-7-22(20)31)26(40-28(44)24-21-10-18(33)5-8-23(21)46-41-24)39-27(42)29(45)38-12-19-6-3-16(11-37-19)30(34,35)36/h3-11,15H,12-13H2,1-2H3,(H,38,45)(H,40,44)/t15-/m1/s1. The van der Waals surface area contributed by atoms with Crippen molar-refractivity contribution in [3.63, 3.8) is 0 Å². The van der Waals surface area contributed by atoms with Gasteiger partial charge >= 0.3 is 6.18 Å². The Hall–Kier alpha value is -4.76. The number of alkyl halides is 3. The number of hydrogen-bond acceptors (Lipinski definition) is 7. The third-order valence-electron chi connectivity index (χ3n) is 6.89. The van der Waals surface area contributed by atoms with Crippen LogP contribution in [0.25, 0.3) is 10.1 Å². The summed E-state index contributed by atoms with van der Waals surface area (Å²) < 4.78 is 73.0. The van der Waals surface area contributed by atoms with Crippen LogP contribution in [0.2, 0.25) is 5.02 Å². The first-order chi connectivity index (χ1) is 21.7. The number of nitrogens with zero attached hydrogens (tertiary/aromatic N) is 4. The molecule has 0 radical (unpaired) electrons. The molecule has 0 aliphatic carbocycles. The van der Waals surface area contributed by atoms with Gasteiger partial charge in [-0.15, -0.1) is 0 Å². The summed E-state index contributed by atoms with van der Waals surface area (Å²) in [6, 6.07) is 9.38. The molecule has 238 valence electrons. The van der Waals surface area contributed by atoms with Crippen LogP contribution in [0, 0.1) is 11.6 Å². The SMILES string of the molecule is CC(=O)Cn1c(C(=O)NCc2ccc(C(F)(F)F)cn2)nc(NC(=O)c2nsc3ccc(F)cc23)c1[C@H](C)c1cc(F)ccc1Cl. The quantitative estimate of drug-likeness (QED) is 0.167. The maximum absolute atomic E-state index is 14.3. The first kappa shape index (κ1) is 32.6. The first-order valence-corrected chi connectivity index (χ1v) is 14.6. The first-order valence-electron chi connectivity index (χ1n) is 13.4. The zero-order valence-corrected chi connectivity index (χ0v) is 25.4. The summed E-state index contributed by atoms with van der Waals surface area (Å²) in [5.41, 5.74) is -0.626. The number of anilines is 1. The fraction of sp³-hybridized carbons (Fsp3) is 0.200. The van der Waals surface area contributed by atoms with E-state index < -0.39 is 53.4 Å². The number of rotatable bonds is 9. The third-order valence-corrected chi connectivity index (χ3v) is 8.06. The fourth-order valence-corrected chi connectivity index (χ4v) is 5.77. The molecule has 3 heterocycles. The van der Waals surface area contributed by atoms with Crippen LogP contribution < -0.4 is 10.6 Å². The molecule has 1 atom stereocenters. The lowest BCUT2D eigenvalue weighted by Crippen LogP contribution is -2.28. The molecule has 0 aliphatic heterocycles. The highest BCUT2D eigenvalue weighted by molar-refractivity contribution is 7.13. The number of amides is 2. The molecule has 5 aromatic rings. The molecule has 0 fully saturated rings. The van der Waals surface area contributed by atoms with Gasteiger partial charge in [0.15, 0.2) is 5.82 Å². The molecule has 2 aromatic carbocycles. The Labute approximate surface area is 266 Å². The topological polar surface area (TPSA) is 119 Å². The van der Waals surface area contributed by atoms with Gasteiger partial charge in [-0.25, -0.2) is 13.8 Å². The second-order valence-electron chi connectivity index (χ2n) is 10.2. The van der Waals surface area contributed by atoms with E-state index in [4.69, 9.17) is 11.6 Å². The van der Waals surface area contributed by atoms with Crippen molar-refractivity contribution in [2.45, 2.75) is 39.0 Å². The van der Waals surface area contributed by atoms with Crippen molar-refractivity contribution in [3.8, 4) is 0 Å². The van der Waals surface area contributed by atoms with Crippen LogP contribution in [-0.2, 0) is 24.1 Å². The minimum Gasteiger partial charge on any atom is -0.344 e. The lowest BCUT2D eigenvalue weighted by molar-refractivity contribution is -0.137. The van der Waals surface area contributed by atoms with E-state index in [-0.39, 0.29) is 51.2 Å². The van der Waals surface area contributed by atoms with Gasteiger partial charge in [-0.1, -0.05) is 18.5 Å². The molecule has 0 unspecified atom stereocenters. The average molecular weight is 677 g/mol. The molecule has 16 heteroatoms. The molecular formula is C30H22ClF5N6O3S. The molecule has 0 saturated heterocycles. The van der Waals surface area contributed by atoms with E-state index in [1.54, 1.807) is 6.92 Å². The van der Waals surface area contributed by atoms with Gasteiger partial charge in [0, 0.05) is 22.5 Å². The lowest BCUT2D eigenvalue weighted by atomic mass is 9.96. The number of carbonyl (C=O) groups excluding carboxylic acids is 3. The molecular weight excluding hydrogens is 655 g/mol. The van der Waals surface area contributed by atoms with Gasteiger partial charge in [-0.2, -0.15) is 17.5 Å². The Morgan fingerprint density at radius 3 is 2.41 bits per heavy atom. The van der Waals surface area contributed by atoms with E-state index in [2.05, 4.69) is 25.0 Å². The molecule has 46 heavy (non-hydrogen) atoms. The van der Waals surface area contributed by atoms with Crippen LogP contribution in [0.15, 0.2) is 54.7 Å². The summed E-state index contributed by atoms with van der Waals surface area (Å²) in [5.74, 6) is -4.67. The smallest absolute Gasteiger partial charge is 0.344 e. The number of imidazole rings is 1. The Morgan fingerprint density at radius 1 is 1.02 bits per heavy atom. The van der Waals surface area contributed by atoms with Crippen LogP contribution in [-0.4, -0.2) is 36.5 Å². The minimum absolute atomic E-state index is 0.0994. The number of hydrogen-bond donors (Lipinski definition) is 2. The zero-order chi connectivity index (χ0) is 33.3. The van der Waals surface area contributed by atoms with Crippen LogP contribution >= 0.6 is 23.1 Å². The Morgan fingerprint density at radius 2 is 1.74 bits per heavy atom. The van der Waals surface area contributed by atoms with Gasteiger partial charge in [0.25, 0.3) is 11.8 Å².